The zero-order valence-electron chi connectivity index (χ0n) is 13.9. The first-order valence-electron chi connectivity index (χ1n) is 8.02. The van der Waals surface area contributed by atoms with E-state index in [-0.39, 0.29) is 17.2 Å². The molecule has 1 saturated heterocycles. The van der Waals surface area contributed by atoms with Crippen molar-refractivity contribution >= 4 is 41.0 Å². The number of amides is 2. The number of nitrogens with zero attached hydrogens (tertiary/aromatic N) is 1. The van der Waals surface area contributed by atoms with E-state index < -0.39 is 0 Å². The monoisotopic (exact) mass is 376 g/mol. The number of anilines is 1. The number of rotatable bonds is 7. The van der Waals surface area contributed by atoms with E-state index in [9.17, 15) is 9.59 Å². The molecule has 0 bridgehead atoms. The second kappa shape index (κ2) is 8.49. The third-order valence-electron chi connectivity index (χ3n) is 3.79. The van der Waals surface area contributed by atoms with Gasteiger partial charge in [0.2, 0.25) is 11.8 Å². The van der Waals surface area contributed by atoms with Crippen LogP contribution in [0.5, 0.6) is 0 Å². The van der Waals surface area contributed by atoms with Crippen LogP contribution in [0.25, 0.3) is 0 Å². The van der Waals surface area contributed by atoms with E-state index in [0.29, 0.717) is 5.75 Å². The number of furan rings is 1. The summed E-state index contributed by atoms with van der Waals surface area (Å²) in [6, 6.07) is 11.6. The van der Waals surface area contributed by atoms with Crippen molar-refractivity contribution in [1.29, 1.82) is 0 Å². The van der Waals surface area contributed by atoms with E-state index in [0.717, 1.165) is 35.1 Å². The molecular formula is C18H20N2O3S2. The molecule has 0 aliphatic carbocycles. The van der Waals surface area contributed by atoms with Crippen LogP contribution in [0.1, 0.15) is 23.6 Å². The van der Waals surface area contributed by atoms with Gasteiger partial charge in [0.25, 0.3) is 0 Å². The highest BCUT2D eigenvalue weighted by atomic mass is 32.2. The average molecular weight is 377 g/mol. The number of thioether (sulfide) groups is 2. The maximum Gasteiger partial charge on any atom is 0.233 e. The largest absolute Gasteiger partial charge is 0.468 e. The SMILES string of the molecule is CC(=O)Nc1ccc(C2SCC(=O)N2CCSCc2ccco2)cc1. The second-order valence-electron chi connectivity index (χ2n) is 5.69. The van der Waals surface area contributed by atoms with E-state index in [1.807, 2.05) is 41.3 Å². The van der Waals surface area contributed by atoms with Crippen LogP contribution in [0.3, 0.4) is 0 Å². The number of benzene rings is 1. The lowest BCUT2D eigenvalue weighted by Gasteiger charge is -2.24. The zero-order chi connectivity index (χ0) is 17.6. The lowest BCUT2D eigenvalue weighted by molar-refractivity contribution is -0.127. The molecule has 0 radical (unpaired) electrons. The third kappa shape index (κ3) is 4.83. The Morgan fingerprint density at radius 3 is 2.84 bits per heavy atom. The molecule has 132 valence electrons. The van der Waals surface area contributed by atoms with Gasteiger partial charge in [-0.2, -0.15) is 11.8 Å². The van der Waals surface area contributed by atoms with Crippen LogP contribution < -0.4 is 5.32 Å². The maximum absolute atomic E-state index is 12.2. The first-order valence-corrected chi connectivity index (χ1v) is 10.2. The summed E-state index contributed by atoms with van der Waals surface area (Å²) in [5, 5.41) is 2.80. The van der Waals surface area contributed by atoms with Gasteiger partial charge in [-0.05, 0) is 29.8 Å². The van der Waals surface area contributed by atoms with Gasteiger partial charge in [0.05, 0.1) is 17.8 Å². The Bertz CT molecular complexity index is 716. The first kappa shape index (κ1) is 17.9. The van der Waals surface area contributed by atoms with Gasteiger partial charge in [-0.3, -0.25) is 9.59 Å². The quantitative estimate of drug-likeness (QED) is 0.746. The predicted molar refractivity (Wildman–Crippen MR) is 103 cm³/mol. The Kier molecular flexibility index (Phi) is 6.09. The Morgan fingerprint density at radius 1 is 1.36 bits per heavy atom. The molecule has 1 aromatic heterocycles. The van der Waals surface area contributed by atoms with Crippen molar-refractivity contribution < 1.29 is 14.0 Å². The molecule has 0 saturated carbocycles. The molecule has 2 heterocycles. The molecular weight excluding hydrogens is 356 g/mol. The van der Waals surface area contributed by atoms with Gasteiger partial charge >= 0.3 is 0 Å². The van der Waals surface area contributed by atoms with Crippen LogP contribution in [0, 0.1) is 0 Å². The van der Waals surface area contributed by atoms with Crippen molar-refractivity contribution in [3.05, 3.63) is 54.0 Å². The fourth-order valence-corrected chi connectivity index (χ4v) is 4.69. The van der Waals surface area contributed by atoms with Crippen LogP contribution in [0.15, 0.2) is 47.1 Å². The normalized spacial score (nSPS) is 17.1. The van der Waals surface area contributed by atoms with Crippen molar-refractivity contribution in [1.82, 2.24) is 4.90 Å². The fraction of sp³-hybridized carbons (Fsp3) is 0.333. The summed E-state index contributed by atoms with van der Waals surface area (Å²) in [7, 11) is 0. The minimum atomic E-state index is -0.0895. The molecule has 2 aromatic rings. The van der Waals surface area contributed by atoms with Crippen molar-refractivity contribution in [2.24, 2.45) is 0 Å². The first-order chi connectivity index (χ1) is 12.1. The van der Waals surface area contributed by atoms with Gasteiger partial charge in [-0.15, -0.1) is 11.8 Å². The Balaban J connectivity index is 1.56. The highest BCUT2D eigenvalue weighted by Crippen LogP contribution is 2.38. The maximum atomic E-state index is 12.2. The van der Waals surface area contributed by atoms with Crippen LogP contribution >= 0.6 is 23.5 Å². The van der Waals surface area contributed by atoms with E-state index in [1.54, 1.807) is 29.8 Å². The Labute approximate surface area is 155 Å². The molecule has 3 rings (SSSR count). The van der Waals surface area contributed by atoms with Crippen LogP contribution in [-0.4, -0.2) is 34.8 Å². The van der Waals surface area contributed by atoms with E-state index in [1.165, 1.54) is 6.92 Å². The summed E-state index contributed by atoms with van der Waals surface area (Å²) in [6.45, 7) is 2.21. The van der Waals surface area contributed by atoms with Gasteiger partial charge in [0.1, 0.15) is 11.1 Å². The molecule has 25 heavy (non-hydrogen) atoms. The minimum Gasteiger partial charge on any atom is -0.468 e. The second-order valence-corrected chi connectivity index (χ2v) is 7.86. The molecule has 5 nitrogen and oxygen atoms in total. The molecule has 1 aromatic carbocycles. The lowest BCUT2D eigenvalue weighted by atomic mass is 10.2. The van der Waals surface area contributed by atoms with Crippen LogP contribution in [0.4, 0.5) is 5.69 Å². The predicted octanol–water partition coefficient (Wildman–Crippen LogP) is 3.75. The smallest absolute Gasteiger partial charge is 0.233 e. The van der Waals surface area contributed by atoms with Gasteiger partial charge in [-0.1, -0.05) is 12.1 Å². The number of nitrogens with one attached hydrogen (secondary N) is 1. The van der Waals surface area contributed by atoms with Crippen LogP contribution in [-0.2, 0) is 15.3 Å². The zero-order valence-corrected chi connectivity index (χ0v) is 15.6. The molecule has 7 heteroatoms. The molecule has 1 N–H and O–H groups in total. The van der Waals surface area contributed by atoms with Gasteiger partial charge < -0.3 is 14.6 Å². The van der Waals surface area contributed by atoms with E-state index >= 15 is 0 Å². The number of carbonyl (C=O) groups excluding carboxylic acids is 2. The molecule has 1 unspecified atom stereocenters. The summed E-state index contributed by atoms with van der Waals surface area (Å²) < 4.78 is 5.32. The minimum absolute atomic E-state index is 0.0445. The average Bonchev–Trinajstić information content (AvgIpc) is 3.22. The highest BCUT2D eigenvalue weighted by molar-refractivity contribution is 8.00. The number of hydrogen-bond donors (Lipinski definition) is 1. The van der Waals surface area contributed by atoms with Gasteiger partial charge in [0, 0.05) is 24.9 Å². The summed E-state index contributed by atoms with van der Waals surface area (Å²) in [6.07, 6.45) is 1.68. The molecule has 1 fully saturated rings. The van der Waals surface area contributed by atoms with Crippen molar-refractivity contribution in [3.8, 4) is 0 Å². The molecule has 1 aliphatic heterocycles. The summed E-state index contributed by atoms with van der Waals surface area (Å²) >= 11 is 3.41. The standard InChI is InChI=1S/C18H20N2O3S2/c1-13(21)19-15-6-4-14(5-7-15)18-20(17(22)12-25-18)8-10-24-11-16-3-2-9-23-16/h2-7,9,18H,8,10-12H2,1H3,(H,19,21). The Morgan fingerprint density at radius 2 is 2.16 bits per heavy atom. The highest BCUT2D eigenvalue weighted by Gasteiger charge is 2.32. The van der Waals surface area contributed by atoms with Crippen molar-refractivity contribution in [2.45, 2.75) is 18.1 Å². The third-order valence-corrected chi connectivity index (χ3v) is 6.00. The topological polar surface area (TPSA) is 62.6 Å². The summed E-state index contributed by atoms with van der Waals surface area (Å²) in [5.74, 6) is 3.25. The Hall–Kier alpha value is -1.86. The van der Waals surface area contributed by atoms with Crippen LogP contribution in [0.2, 0.25) is 0 Å². The number of hydrogen-bond acceptors (Lipinski definition) is 5. The summed E-state index contributed by atoms with van der Waals surface area (Å²) in [4.78, 5) is 25.3. The number of carbonyl (C=O) groups is 2. The molecule has 1 aliphatic rings. The van der Waals surface area contributed by atoms with E-state index in [2.05, 4.69) is 5.32 Å². The van der Waals surface area contributed by atoms with E-state index in [4.69, 9.17) is 4.42 Å². The molecule has 1 atom stereocenters. The van der Waals surface area contributed by atoms with Gasteiger partial charge in [-0.25, -0.2) is 0 Å². The fourth-order valence-electron chi connectivity index (χ4n) is 2.64. The lowest BCUT2D eigenvalue weighted by Crippen LogP contribution is -2.30. The molecule has 2 amide bonds. The molecule has 0 spiro atoms. The van der Waals surface area contributed by atoms with Gasteiger partial charge in [0.15, 0.2) is 0 Å². The summed E-state index contributed by atoms with van der Waals surface area (Å²) in [5.41, 5.74) is 1.85. The van der Waals surface area contributed by atoms with Crippen molar-refractivity contribution in [2.75, 3.05) is 23.4 Å². The van der Waals surface area contributed by atoms with Crippen molar-refractivity contribution in [3.63, 3.8) is 0 Å².